The number of carbonyl (C=O) groups excluding carboxylic acids is 1. The first-order valence-electron chi connectivity index (χ1n) is 9.46. The summed E-state index contributed by atoms with van der Waals surface area (Å²) in [4.78, 5) is 17.7. The average molecular weight is 362 g/mol. The molecule has 0 fully saturated rings. The van der Waals surface area contributed by atoms with Crippen LogP contribution in [-0.2, 0) is 0 Å². The maximum Gasteiger partial charge on any atom is 0.252 e. The van der Waals surface area contributed by atoms with Crippen molar-refractivity contribution >= 4 is 16.8 Å². The number of unbranched alkanes of at least 4 members (excludes halogenated alkanes) is 2. The van der Waals surface area contributed by atoms with E-state index < -0.39 is 0 Å². The first-order chi connectivity index (χ1) is 13.1. The molecule has 27 heavy (non-hydrogen) atoms. The van der Waals surface area contributed by atoms with Gasteiger partial charge in [-0.1, -0.05) is 43.5 Å². The number of amides is 1. The quantitative estimate of drug-likeness (QED) is 0.592. The predicted octanol–water partition coefficient (Wildman–Crippen LogP) is 5.14. The summed E-state index contributed by atoms with van der Waals surface area (Å²) < 4.78 is 5.33. The lowest BCUT2D eigenvalue weighted by Gasteiger charge is -2.12. The molecule has 3 aromatic rings. The summed E-state index contributed by atoms with van der Waals surface area (Å²) in [6.07, 6.45) is 3.24. The van der Waals surface area contributed by atoms with Gasteiger partial charge in [0.25, 0.3) is 5.91 Å². The molecule has 4 heteroatoms. The highest BCUT2D eigenvalue weighted by Crippen LogP contribution is 2.27. The topological polar surface area (TPSA) is 51.2 Å². The van der Waals surface area contributed by atoms with E-state index >= 15 is 0 Å². The van der Waals surface area contributed by atoms with Crippen LogP contribution in [0.25, 0.3) is 22.2 Å². The highest BCUT2D eigenvalue weighted by molar-refractivity contribution is 6.07. The van der Waals surface area contributed by atoms with Gasteiger partial charge in [0, 0.05) is 17.5 Å². The summed E-state index contributed by atoms with van der Waals surface area (Å²) in [6.45, 7) is 4.87. The molecule has 0 saturated heterocycles. The molecule has 0 aliphatic rings. The number of ether oxygens (including phenoxy) is 1. The van der Waals surface area contributed by atoms with E-state index in [1.165, 1.54) is 0 Å². The Kier molecular flexibility index (Phi) is 6.07. The van der Waals surface area contributed by atoms with E-state index in [1.54, 1.807) is 7.11 Å². The number of hydrogen-bond donors (Lipinski definition) is 1. The number of fused-ring (bicyclic) bond motifs is 1. The second kappa shape index (κ2) is 8.67. The molecule has 0 atom stereocenters. The van der Waals surface area contributed by atoms with Crippen LogP contribution in [0.2, 0.25) is 0 Å². The first-order valence-corrected chi connectivity index (χ1v) is 9.46. The van der Waals surface area contributed by atoms with Gasteiger partial charge in [0.05, 0.1) is 23.9 Å². The number of nitrogens with zero attached hydrogens (tertiary/aromatic N) is 1. The maximum atomic E-state index is 12.9. The number of nitrogens with one attached hydrogen (secondary N) is 1. The minimum atomic E-state index is -0.0479. The normalized spacial score (nSPS) is 10.8. The standard InChI is InChI=1S/C23H26N2O2/c1-4-5-6-12-24-23(26)20-15-22(17-8-7-9-18(14-17)27-3)25-21-11-10-16(2)13-19(20)21/h7-11,13-15H,4-6,12H2,1-3H3,(H,24,26). The molecular formula is C23H26N2O2. The van der Waals surface area contributed by atoms with Crippen LogP contribution < -0.4 is 10.1 Å². The molecule has 0 spiro atoms. The SMILES string of the molecule is CCCCCNC(=O)c1cc(-c2cccc(OC)c2)nc2ccc(C)cc12. The minimum absolute atomic E-state index is 0.0479. The van der Waals surface area contributed by atoms with Gasteiger partial charge in [-0.05, 0) is 43.7 Å². The molecule has 0 aliphatic carbocycles. The zero-order valence-corrected chi connectivity index (χ0v) is 16.2. The lowest BCUT2D eigenvalue weighted by molar-refractivity contribution is 0.0954. The predicted molar refractivity (Wildman–Crippen MR) is 110 cm³/mol. The molecule has 1 aromatic heterocycles. The molecule has 1 heterocycles. The molecule has 0 radical (unpaired) electrons. The van der Waals surface area contributed by atoms with Crippen LogP contribution in [0.15, 0.2) is 48.5 Å². The van der Waals surface area contributed by atoms with E-state index in [1.807, 2.05) is 55.5 Å². The van der Waals surface area contributed by atoms with Gasteiger partial charge in [-0.15, -0.1) is 0 Å². The van der Waals surface area contributed by atoms with Gasteiger partial charge in [0.1, 0.15) is 5.75 Å². The molecule has 140 valence electrons. The summed E-state index contributed by atoms with van der Waals surface area (Å²) >= 11 is 0. The summed E-state index contributed by atoms with van der Waals surface area (Å²) in [7, 11) is 1.64. The lowest BCUT2D eigenvalue weighted by atomic mass is 10.0. The highest BCUT2D eigenvalue weighted by Gasteiger charge is 2.14. The second-order valence-electron chi connectivity index (χ2n) is 6.77. The molecule has 4 nitrogen and oxygen atoms in total. The van der Waals surface area contributed by atoms with Gasteiger partial charge in [-0.25, -0.2) is 4.98 Å². The fourth-order valence-electron chi connectivity index (χ4n) is 3.13. The van der Waals surface area contributed by atoms with Crippen LogP contribution >= 0.6 is 0 Å². The van der Waals surface area contributed by atoms with Gasteiger partial charge in [-0.3, -0.25) is 4.79 Å². The van der Waals surface area contributed by atoms with E-state index in [-0.39, 0.29) is 5.91 Å². The van der Waals surface area contributed by atoms with Crippen molar-refractivity contribution in [1.82, 2.24) is 10.3 Å². The Bertz CT molecular complexity index is 950. The summed E-state index contributed by atoms with van der Waals surface area (Å²) in [5, 5.41) is 3.94. The molecule has 0 aliphatic heterocycles. The molecular weight excluding hydrogens is 336 g/mol. The monoisotopic (exact) mass is 362 g/mol. The molecule has 0 bridgehead atoms. The van der Waals surface area contributed by atoms with Crippen LogP contribution in [0, 0.1) is 6.92 Å². The number of pyridine rings is 1. The van der Waals surface area contributed by atoms with E-state index in [2.05, 4.69) is 12.2 Å². The molecule has 2 aromatic carbocycles. The molecule has 1 amide bonds. The van der Waals surface area contributed by atoms with Crippen LogP contribution in [0.1, 0.15) is 42.1 Å². The van der Waals surface area contributed by atoms with Crippen molar-refractivity contribution in [3.05, 3.63) is 59.7 Å². The Morgan fingerprint density at radius 1 is 1.11 bits per heavy atom. The van der Waals surface area contributed by atoms with Gasteiger partial charge in [-0.2, -0.15) is 0 Å². The number of hydrogen-bond acceptors (Lipinski definition) is 3. The van der Waals surface area contributed by atoms with Crippen LogP contribution in [0.4, 0.5) is 0 Å². The third-order valence-electron chi connectivity index (χ3n) is 4.64. The maximum absolute atomic E-state index is 12.9. The van der Waals surface area contributed by atoms with Crippen molar-refractivity contribution in [1.29, 1.82) is 0 Å². The number of rotatable bonds is 7. The largest absolute Gasteiger partial charge is 0.497 e. The Hall–Kier alpha value is -2.88. The van der Waals surface area contributed by atoms with E-state index in [0.717, 1.165) is 52.7 Å². The summed E-state index contributed by atoms with van der Waals surface area (Å²) in [5.74, 6) is 0.720. The van der Waals surface area contributed by atoms with Gasteiger partial charge < -0.3 is 10.1 Å². The number of carbonyl (C=O) groups is 1. The first kappa shape index (κ1) is 18.9. The zero-order valence-electron chi connectivity index (χ0n) is 16.2. The fourth-order valence-corrected chi connectivity index (χ4v) is 3.13. The average Bonchev–Trinajstić information content (AvgIpc) is 2.70. The number of aromatic nitrogens is 1. The van der Waals surface area contributed by atoms with Gasteiger partial charge in [0.2, 0.25) is 0 Å². The minimum Gasteiger partial charge on any atom is -0.497 e. The van der Waals surface area contributed by atoms with Crippen molar-refractivity contribution in [3.63, 3.8) is 0 Å². The number of methoxy groups -OCH3 is 1. The van der Waals surface area contributed by atoms with E-state index in [9.17, 15) is 4.79 Å². The second-order valence-corrected chi connectivity index (χ2v) is 6.77. The third-order valence-corrected chi connectivity index (χ3v) is 4.64. The van der Waals surface area contributed by atoms with E-state index in [4.69, 9.17) is 9.72 Å². The Morgan fingerprint density at radius 3 is 2.74 bits per heavy atom. The molecule has 1 N–H and O–H groups in total. The zero-order chi connectivity index (χ0) is 19.2. The molecule has 0 saturated carbocycles. The van der Waals surface area contributed by atoms with Gasteiger partial charge in [0.15, 0.2) is 0 Å². The third kappa shape index (κ3) is 4.45. The Morgan fingerprint density at radius 2 is 1.96 bits per heavy atom. The van der Waals surface area contributed by atoms with Crippen molar-refractivity contribution < 1.29 is 9.53 Å². The molecule has 3 rings (SSSR count). The highest BCUT2D eigenvalue weighted by atomic mass is 16.5. The Labute approximate surface area is 160 Å². The Balaban J connectivity index is 2.03. The number of benzene rings is 2. The summed E-state index contributed by atoms with van der Waals surface area (Å²) in [5.41, 5.74) is 4.29. The fraction of sp³-hybridized carbons (Fsp3) is 0.304. The van der Waals surface area contributed by atoms with Crippen molar-refractivity contribution in [2.75, 3.05) is 13.7 Å². The van der Waals surface area contributed by atoms with Gasteiger partial charge >= 0.3 is 0 Å². The van der Waals surface area contributed by atoms with Crippen molar-refractivity contribution in [2.45, 2.75) is 33.1 Å². The lowest BCUT2D eigenvalue weighted by Crippen LogP contribution is -2.24. The van der Waals surface area contributed by atoms with E-state index in [0.29, 0.717) is 12.1 Å². The smallest absolute Gasteiger partial charge is 0.252 e. The molecule has 0 unspecified atom stereocenters. The van der Waals surface area contributed by atoms with Crippen LogP contribution in [-0.4, -0.2) is 24.5 Å². The number of aryl methyl sites for hydroxylation is 1. The van der Waals surface area contributed by atoms with Crippen LogP contribution in [0.5, 0.6) is 5.75 Å². The van der Waals surface area contributed by atoms with Crippen molar-refractivity contribution in [2.24, 2.45) is 0 Å². The van der Waals surface area contributed by atoms with Crippen LogP contribution in [0.3, 0.4) is 0 Å². The van der Waals surface area contributed by atoms with Crippen molar-refractivity contribution in [3.8, 4) is 17.0 Å². The summed E-state index contributed by atoms with van der Waals surface area (Å²) in [6, 6.07) is 15.6.